The van der Waals surface area contributed by atoms with Gasteiger partial charge in [-0.15, -0.1) is 0 Å². The Morgan fingerprint density at radius 3 is 2.67 bits per heavy atom. The molecule has 0 aliphatic rings. The summed E-state index contributed by atoms with van der Waals surface area (Å²) in [5, 5.41) is 3.89. The van der Waals surface area contributed by atoms with Crippen molar-refractivity contribution in [3.05, 3.63) is 64.1 Å². The highest BCUT2D eigenvalue weighted by Gasteiger charge is 2.01. The van der Waals surface area contributed by atoms with Crippen LogP contribution in [0.5, 0.6) is 5.75 Å². The van der Waals surface area contributed by atoms with E-state index in [2.05, 4.69) is 26.5 Å². The van der Waals surface area contributed by atoms with Crippen LogP contribution in [0.1, 0.15) is 11.1 Å². The zero-order valence-corrected chi connectivity index (χ0v) is 13.1. The topological polar surface area (TPSA) is 50.7 Å². The molecule has 0 aliphatic carbocycles. The van der Waals surface area contributed by atoms with Crippen LogP contribution < -0.4 is 10.2 Å². The maximum atomic E-state index is 11.6. The Morgan fingerprint density at radius 1 is 1.24 bits per heavy atom. The Balaban J connectivity index is 1.80. The van der Waals surface area contributed by atoms with Gasteiger partial charge in [0.2, 0.25) is 0 Å². The van der Waals surface area contributed by atoms with Crippen LogP contribution >= 0.6 is 15.9 Å². The van der Waals surface area contributed by atoms with Crippen molar-refractivity contribution < 1.29 is 9.53 Å². The van der Waals surface area contributed by atoms with Gasteiger partial charge in [0.25, 0.3) is 5.91 Å². The van der Waals surface area contributed by atoms with Crippen LogP contribution in [-0.2, 0) is 4.79 Å². The second kappa shape index (κ2) is 7.59. The lowest BCUT2D eigenvalue weighted by molar-refractivity contribution is -0.123. The first-order valence-corrected chi connectivity index (χ1v) is 7.20. The highest BCUT2D eigenvalue weighted by molar-refractivity contribution is 9.10. The largest absolute Gasteiger partial charge is 0.484 e. The summed E-state index contributed by atoms with van der Waals surface area (Å²) in [6, 6.07) is 15.1. The van der Waals surface area contributed by atoms with E-state index in [4.69, 9.17) is 4.74 Å². The normalized spacial score (nSPS) is 10.6. The fourth-order valence-electron chi connectivity index (χ4n) is 1.57. The molecule has 5 heteroatoms. The van der Waals surface area contributed by atoms with E-state index in [1.54, 1.807) is 6.21 Å². The van der Waals surface area contributed by atoms with E-state index in [-0.39, 0.29) is 12.5 Å². The molecule has 0 saturated carbocycles. The van der Waals surface area contributed by atoms with Crippen LogP contribution in [0.15, 0.2) is 58.1 Å². The van der Waals surface area contributed by atoms with Crippen LogP contribution in [0.25, 0.3) is 0 Å². The average Bonchev–Trinajstić information content (AvgIpc) is 2.49. The summed E-state index contributed by atoms with van der Waals surface area (Å²) < 4.78 is 6.27. The number of amides is 1. The van der Waals surface area contributed by atoms with Crippen LogP contribution in [0.4, 0.5) is 0 Å². The van der Waals surface area contributed by atoms with E-state index < -0.39 is 0 Å². The molecule has 0 heterocycles. The van der Waals surface area contributed by atoms with E-state index in [1.807, 2.05) is 55.5 Å². The highest BCUT2D eigenvalue weighted by Crippen LogP contribution is 2.13. The zero-order chi connectivity index (χ0) is 15.1. The molecule has 0 aromatic heterocycles. The van der Waals surface area contributed by atoms with Gasteiger partial charge in [0, 0.05) is 10.0 Å². The standard InChI is InChI=1S/C16H15BrN2O2/c1-12-6-8-14(9-7-12)21-11-16(20)19-18-10-13-4-2-3-5-15(13)17/h2-10H,11H2,1H3,(H,19,20)/b18-10-. The number of ether oxygens (including phenoxy) is 1. The minimum absolute atomic E-state index is 0.0731. The first kappa shape index (κ1) is 15.3. The molecule has 0 aliphatic heterocycles. The van der Waals surface area contributed by atoms with Crippen LogP contribution in [-0.4, -0.2) is 18.7 Å². The average molecular weight is 347 g/mol. The van der Waals surface area contributed by atoms with Gasteiger partial charge in [-0.1, -0.05) is 51.8 Å². The van der Waals surface area contributed by atoms with Gasteiger partial charge < -0.3 is 4.74 Å². The lowest BCUT2D eigenvalue weighted by Gasteiger charge is -2.05. The van der Waals surface area contributed by atoms with E-state index >= 15 is 0 Å². The highest BCUT2D eigenvalue weighted by atomic mass is 79.9. The van der Waals surface area contributed by atoms with Gasteiger partial charge in [0.1, 0.15) is 5.75 Å². The molecule has 2 aromatic carbocycles. The van der Waals surface area contributed by atoms with Gasteiger partial charge >= 0.3 is 0 Å². The number of nitrogens with zero attached hydrogens (tertiary/aromatic N) is 1. The van der Waals surface area contributed by atoms with Crippen molar-refractivity contribution in [2.24, 2.45) is 5.10 Å². The van der Waals surface area contributed by atoms with E-state index in [0.29, 0.717) is 5.75 Å². The van der Waals surface area contributed by atoms with E-state index in [1.165, 1.54) is 0 Å². The minimum Gasteiger partial charge on any atom is -0.484 e. The van der Waals surface area contributed by atoms with Crippen molar-refractivity contribution in [3.8, 4) is 5.75 Å². The van der Waals surface area contributed by atoms with Crippen LogP contribution in [0.3, 0.4) is 0 Å². The number of hydrogen-bond donors (Lipinski definition) is 1. The molecule has 4 nitrogen and oxygen atoms in total. The first-order valence-electron chi connectivity index (χ1n) is 6.41. The van der Waals surface area contributed by atoms with Gasteiger partial charge in [-0.2, -0.15) is 5.10 Å². The van der Waals surface area contributed by atoms with E-state index in [9.17, 15) is 4.79 Å². The van der Waals surface area contributed by atoms with Gasteiger partial charge in [0.15, 0.2) is 6.61 Å². The van der Waals surface area contributed by atoms with Gasteiger partial charge in [0.05, 0.1) is 6.21 Å². The van der Waals surface area contributed by atoms with Gasteiger partial charge in [-0.05, 0) is 25.1 Å². The van der Waals surface area contributed by atoms with Crippen molar-refractivity contribution in [2.45, 2.75) is 6.92 Å². The number of carbonyl (C=O) groups excluding carboxylic acids is 1. The molecule has 0 saturated heterocycles. The SMILES string of the molecule is Cc1ccc(OCC(=O)N/N=C\c2ccccc2Br)cc1. The summed E-state index contributed by atoms with van der Waals surface area (Å²) in [4.78, 5) is 11.6. The van der Waals surface area contributed by atoms with Crippen LogP contribution in [0.2, 0.25) is 0 Å². The van der Waals surface area contributed by atoms with Crippen molar-refractivity contribution in [1.29, 1.82) is 0 Å². The molecule has 2 aromatic rings. The molecular weight excluding hydrogens is 332 g/mol. The molecule has 108 valence electrons. The van der Waals surface area contributed by atoms with Crippen molar-refractivity contribution in [1.82, 2.24) is 5.43 Å². The molecule has 2 rings (SSSR count). The quantitative estimate of drug-likeness (QED) is 0.667. The van der Waals surface area contributed by atoms with Gasteiger partial charge in [-0.3, -0.25) is 4.79 Å². The summed E-state index contributed by atoms with van der Waals surface area (Å²) in [7, 11) is 0. The molecule has 0 unspecified atom stereocenters. The monoisotopic (exact) mass is 346 g/mol. The molecule has 1 N–H and O–H groups in total. The van der Waals surface area contributed by atoms with Crippen molar-refractivity contribution in [3.63, 3.8) is 0 Å². The minimum atomic E-state index is -0.307. The van der Waals surface area contributed by atoms with Crippen LogP contribution in [0, 0.1) is 6.92 Å². The summed E-state index contributed by atoms with van der Waals surface area (Å²) in [6.07, 6.45) is 1.58. The number of rotatable bonds is 5. The third-order valence-corrected chi connectivity index (χ3v) is 3.41. The second-order valence-corrected chi connectivity index (χ2v) is 5.27. The smallest absolute Gasteiger partial charge is 0.277 e. The molecular formula is C16H15BrN2O2. The Labute approximate surface area is 132 Å². The third-order valence-electron chi connectivity index (χ3n) is 2.69. The molecule has 0 fully saturated rings. The number of nitrogens with one attached hydrogen (secondary N) is 1. The first-order chi connectivity index (χ1) is 10.1. The number of carbonyl (C=O) groups is 1. The van der Waals surface area contributed by atoms with Crippen molar-refractivity contribution >= 4 is 28.1 Å². The van der Waals surface area contributed by atoms with Gasteiger partial charge in [-0.25, -0.2) is 5.43 Å². The predicted octanol–water partition coefficient (Wildman–Crippen LogP) is 3.29. The summed E-state index contributed by atoms with van der Waals surface area (Å²) in [6.45, 7) is 1.92. The number of benzene rings is 2. The fourth-order valence-corrected chi connectivity index (χ4v) is 1.96. The number of hydrogen-bond acceptors (Lipinski definition) is 3. The summed E-state index contributed by atoms with van der Waals surface area (Å²) in [5.41, 5.74) is 4.45. The maximum absolute atomic E-state index is 11.6. The predicted molar refractivity (Wildman–Crippen MR) is 86.6 cm³/mol. The molecule has 0 spiro atoms. The Hall–Kier alpha value is -2.14. The maximum Gasteiger partial charge on any atom is 0.277 e. The molecule has 0 radical (unpaired) electrons. The number of halogens is 1. The molecule has 21 heavy (non-hydrogen) atoms. The Morgan fingerprint density at radius 2 is 1.95 bits per heavy atom. The number of hydrazone groups is 1. The zero-order valence-electron chi connectivity index (χ0n) is 11.5. The number of aryl methyl sites for hydroxylation is 1. The Bertz CT molecular complexity index is 639. The Kier molecular flexibility index (Phi) is 5.51. The van der Waals surface area contributed by atoms with Crippen molar-refractivity contribution in [2.75, 3.05) is 6.61 Å². The second-order valence-electron chi connectivity index (χ2n) is 4.42. The lowest BCUT2D eigenvalue weighted by Crippen LogP contribution is -2.24. The molecule has 0 bridgehead atoms. The summed E-state index contributed by atoms with van der Waals surface area (Å²) in [5.74, 6) is 0.351. The molecule has 0 atom stereocenters. The third kappa shape index (κ3) is 5.04. The fraction of sp³-hybridized carbons (Fsp3) is 0.125. The summed E-state index contributed by atoms with van der Waals surface area (Å²) >= 11 is 3.40. The van der Waals surface area contributed by atoms with E-state index in [0.717, 1.165) is 15.6 Å². The molecule has 1 amide bonds. The lowest BCUT2D eigenvalue weighted by atomic mass is 10.2.